The molecule has 2 saturated heterocycles. The van der Waals surface area contributed by atoms with E-state index in [0.29, 0.717) is 18.1 Å². The molecule has 18 heavy (non-hydrogen) atoms. The maximum absolute atomic E-state index is 8.94. The zero-order valence-electron chi connectivity index (χ0n) is 11.4. The van der Waals surface area contributed by atoms with Gasteiger partial charge >= 0.3 is 0 Å². The predicted molar refractivity (Wildman–Crippen MR) is 67.9 cm³/mol. The molecule has 3 aliphatic rings. The summed E-state index contributed by atoms with van der Waals surface area (Å²) >= 11 is 0. The third-order valence-electron chi connectivity index (χ3n) is 4.86. The van der Waals surface area contributed by atoms with Crippen LogP contribution in [-0.4, -0.2) is 23.9 Å². The Labute approximate surface area is 109 Å². The number of hydrogen-bond acceptors (Lipinski definition) is 3. The molecule has 3 fully saturated rings. The summed E-state index contributed by atoms with van der Waals surface area (Å²) in [7, 11) is 0. The first-order valence-corrected chi connectivity index (χ1v) is 7.34. The lowest BCUT2D eigenvalue weighted by Crippen LogP contribution is -2.50. The first-order chi connectivity index (χ1) is 8.61. The van der Waals surface area contributed by atoms with Gasteiger partial charge in [-0.05, 0) is 44.9 Å². The van der Waals surface area contributed by atoms with E-state index in [0.717, 1.165) is 32.1 Å². The number of hydrogen-bond donors (Lipinski definition) is 0. The Morgan fingerprint density at radius 2 is 2.22 bits per heavy atom. The maximum Gasteiger partial charge on any atom is 0.0973 e. The van der Waals surface area contributed by atoms with E-state index in [9.17, 15) is 0 Å². The lowest BCUT2D eigenvalue weighted by Gasteiger charge is -2.44. The van der Waals surface area contributed by atoms with Crippen molar-refractivity contribution in [2.45, 2.75) is 76.3 Å². The third kappa shape index (κ3) is 2.06. The fourth-order valence-electron chi connectivity index (χ4n) is 4.24. The molecule has 1 spiro atoms. The molecule has 3 rings (SSSR count). The highest BCUT2D eigenvalue weighted by Gasteiger charge is 2.56. The Kier molecular flexibility index (Phi) is 3.11. The standard InChI is InChI=1S/C15H23NO2/c1-10-5-13-8-15(7-10)14(17-13)4-3-12(18-15)6-11(2)9-16/h10-14H,3-8H2,1-2H3/t10-,11+,12?,13-,14-,15-/m0/s1. The van der Waals surface area contributed by atoms with Crippen LogP contribution >= 0.6 is 0 Å². The van der Waals surface area contributed by atoms with Gasteiger partial charge in [0, 0.05) is 12.3 Å². The SMILES string of the molecule is C[C@H]1C[C@H]2C[C@]3(C1)OC(C[C@@H](C)C#N)CC[C@@H]3O2. The van der Waals surface area contributed by atoms with Crippen LogP contribution in [0.5, 0.6) is 0 Å². The maximum atomic E-state index is 8.94. The Hall–Kier alpha value is -0.590. The molecule has 3 heteroatoms. The summed E-state index contributed by atoms with van der Waals surface area (Å²) in [6, 6.07) is 2.32. The highest BCUT2D eigenvalue weighted by atomic mass is 16.6. The van der Waals surface area contributed by atoms with Crippen molar-refractivity contribution in [2.75, 3.05) is 0 Å². The topological polar surface area (TPSA) is 42.2 Å². The fourth-order valence-corrected chi connectivity index (χ4v) is 4.24. The monoisotopic (exact) mass is 249 g/mol. The number of nitrogens with zero attached hydrogens (tertiary/aromatic N) is 1. The van der Waals surface area contributed by atoms with Crippen LogP contribution in [0.1, 0.15) is 52.4 Å². The Bertz CT molecular complexity index is 364. The van der Waals surface area contributed by atoms with E-state index in [2.05, 4.69) is 13.0 Å². The molecular weight excluding hydrogens is 226 g/mol. The molecule has 2 aliphatic heterocycles. The summed E-state index contributed by atoms with van der Waals surface area (Å²) in [6.07, 6.45) is 7.48. The van der Waals surface area contributed by atoms with Crippen molar-refractivity contribution in [3.8, 4) is 6.07 Å². The second-order valence-corrected chi connectivity index (χ2v) is 6.64. The van der Waals surface area contributed by atoms with Crippen molar-refractivity contribution in [3.05, 3.63) is 0 Å². The molecule has 3 nitrogen and oxygen atoms in total. The zero-order valence-corrected chi connectivity index (χ0v) is 11.4. The van der Waals surface area contributed by atoms with Crippen LogP contribution in [0, 0.1) is 23.2 Å². The highest BCUT2D eigenvalue weighted by Crippen LogP contribution is 2.51. The summed E-state index contributed by atoms with van der Waals surface area (Å²) < 4.78 is 12.6. The molecule has 1 unspecified atom stereocenters. The molecule has 6 atom stereocenters. The van der Waals surface area contributed by atoms with E-state index in [1.807, 2.05) is 6.92 Å². The Balaban J connectivity index is 1.71. The fraction of sp³-hybridized carbons (Fsp3) is 0.933. The number of ether oxygens (including phenoxy) is 2. The normalized spacial score (nSPS) is 48.3. The summed E-state index contributed by atoms with van der Waals surface area (Å²) in [6.45, 7) is 4.30. The average Bonchev–Trinajstić information content (AvgIpc) is 2.58. The van der Waals surface area contributed by atoms with Gasteiger partial charge in [-0.25, -0.2) is 0 Å². The molecular formula is C15H23NO2. The molecule has 0 aromatic heterocycles. The van der Waals surface area contributed by atoms with Crippen molar-refractivity contribution in [1.82, 2.24) is 0 Å². The largest absolute Gasteiger partial charge is 0.372 e. The molecule has 2 bridgehead atoms. The van der Waals surface area contributed by atoms with Crippen LogP contribution in [0.25, 0.3) is 0 Å². The molecule has 0 aromatic carbocycles. The van der Waals surface area contributed by atoms with Crippen LogP contribution in [0.15, 0.2) is 0 Å². The van der Waals surface area contributed by atoms with Crippen molar-refractivity contribution in [1.29, 1.82) is 5.26 Å². The summed E-state index contributed by atoms with van der Waals surface area (Å²) in [5.74, 6) is 0.808. The van der Waals surface area contributed by atoms with Gasteiger partial charge in [0.05, 0.1) is 30.0 Å². The Morgan fingerprint density at radius 3 is 3.00 bits per heavy atom. The van der Waals surface area contributed by atoms with Gasteiger partial charge in [0.25, 0.3) is 0 Å². The van der Waals surface area contributed by atoms with Crippen molar-refractivity contribution in [2.24, 2.45) is 11.8 Å². The summed E-state index contributed by atoms with van der Waals surface area (Å²) in [5, 5.41) is 8.94. The lowest BCUT2D eigenvalue weighted by molar-refractivity contribution is -0.171. The smallest absolute Gasteiger partial charge is 0.0973 e. The van der Waals surface area contributed by atoms with Crippen LogP contribution in [0.4, 0.5) is 0 Å². The molecule has 100 valence electrons. The van der Waals surface area contributed by atoms with Gasteiger partial charge in [-0.15, -0.1) is 0 Å². The van der Waals surface area contributed by atoms with Crippen LogP contribution in [-0.2, 0) is 9.47 Å². The summed E-state index contributed by atoms with van der Waals surface area (Å²) in [5.41, 5.74) is -0.0135. The first-order valence-electron chi connectivity index (χ1n) is 7.34. The minimum Gasteiger partial charge on any atom is -0.372 e. The van der Waals surface area contributed by atoms with E-state index in [-0.39, 0.29) is 17.6 Å². The van der Waals surface area contributed by atoms with E-state index in [1.54, 1.807) is 0 Å². The van der Waals surface area contributed by atoms with Gasteiger partial charge in [0.15, 0.2) is 0 Å². The van der Waals surface area contributed by atoms with Crippen molar-refractivity contribution < 1.29 is 9.47 Å². The van der Waals surface area contributed by atoms with E-state index < -0.39 is 0 Å². The van der Waals surface area contributed by atoms with E-state index in [1.165, 1.54) is 6.42 Å². The number of nitriles is 1. The minimum absolute atomic E-state index is 0.0135. The van der Waals surface area contributed by atoms with Gasteiger partial charge in [-0.1, -0.05) is 6.92 Å². The molecule has 2 heterocycles. The highest BCUT2D eigenvalue weighted by molar-refractivity contribution is 5.05. The van der Waals surface area contributed by atoms with E-state index >= 15 is 0 Å². The first kappa shape index (κ1) is 12.4. The second-order valence-electron chi connectivity index (χ2n) is 6.64. The zero-order chi connectivity index (χ0) is 12.8. The lowest BCUT2D eigenvalue weighted by atomic mass is 9.74. The van der Waals surface area contributed by atoms with Crippen LogP contribution < -0.4 is 0 Å². The van der Waals surface area contributed by atoms with Gasteiger partial charge in [0.1, 0.15) is 0 Å². The second kappa shape index (κ2) is 4.51. The number of fused-ring (bicyclic) bond motifs is 1. The Morgan fingerprint density at radius 1 is 1.39 bits per heavy atom. The minimum atomic E-state index is -0.0135. The van der Waals surface area contributed by atoms with E-state index in [4.69, 9.17) is 14.7 Å². The molecule has 0 radical (unpaired) electrons. The van der Waals surface area contributed by atoms with Gasteiger partial charge in [0.2, 0.25) is 0 Å². The van der Waals surface area contributed by atoms with Crippen molar-refractivity contribution in [3.63, 3.8) is 0 Å². The summed E-state index contributed by atoms with van der Waals surface area (Å²) in [4.78, 5) is 0. The van der Waals surface area contributed by atoms with Gasteiger partial charge in [-0.3, -0.25) is 0 Å². The molecule has 0 aromatic rings. The van der Waals surface area contributed by atoms with Crippen LogP contribution in [0.2, 0.25) is 0 Å². The van der Waals surface area contributed by atoms with Crippen LogP contribution in [0.3, 0.4) is 0 Å². The average molecular weight is 249 g/mol. The molecule has 1 saturated carbocycles. The predicted octanol–water partition coefficient (Wildman–Crippen LogP) is 3.04. The molecule has 0 N–H and O–H groups in total. The van der Waals surface area contributed by atoms with Gasteiger partial charge < -0.3 is 9.47 Å². The molecule has 1 aliphatic carbocycles. The quantitative estimate of drug-likeness (QED) is 0.755. The van der Waals surface area contributed by atoms with Crippen molar-refractivity contribution >= 4 is 0 Å². The molecule has 0 amide bonds. The van der Waals surface area contributed by atoms with Gasteiger partial charge in [-0.2, -0.15) is 5.26 Å². The third-order valence-corrected chi connectivity index (χ3v) is 4.86. The number of rotatable bonds is 2.